The van der Waals surface area contributed by atoms with Gasteiger partial charge in [0, 0.05) is 22.8 Å². The molecule has 0 saturated heterocycles. The van der Waals surface area contributed by atoms with Crippen LogP contribution in [0.25, 0.3) is 0 Å². The number of nitrogens with one attached hydrogen (secondary N) is 2. The molecule has 0 radical (unpaired) electrons. The van der Waals surface area contributed by atoms with E-state index in [9.17, 15) is 9.59 Å². The third-order valence-electron chi connectivity index (χ3n) is 5.13. The Balaban J connectivity index is 1.59. The molecule has 2 aromatic carbocycles. The van der Waals surface area contributed by atoms with Crippen LogP contribution in [0.1, 0.15) is 24.6 Å². The standard InChI is InChI=1S/C26H24ClN5O3/c1-3-24(33)31-23-15-29-26(32(25(23)34)16-18-5-7-19(27)8-6-18)30-20-9-12-21(13-10-20)35-22-11-4-17(2)28-14-22/h4-15H,3,16H2,1-2H3,(H,29,30)(H,31,33). The highest BCUT2D eigenvalue weighted by Crippen LogP contribution is 2.24. The number of benzene rings is 2. The van der Waals surface area contributed by atoms with Gasteiger partial charge in [-0.25, -0.2) is 4.98 Å². The van der Waals surface area contributed by atoms with Crippen LogP contribution in [0.15, 0.2) is 77.9 Å². The predicted molar refractivity (Wildman–Crippen MR) is 137 cm³/mol. The predicted octanol–water partition coefficient (Wildman–Crippen LogP) is 5.53. The first-order valence-corrected chi connectivity index (χ1v) is 11.4. The molecule has 0 aliphatic rings. The molecular weight excluding hydrogens is 466 g/mol. The number of carbonyl (C=O) groups is 1. The highest BCUT2D eigenvalue weighted by Gasteiger charge is 2.13. The molecule has 0 unspecified atom stereocenters. The maximum absolute atomic E-state index is 13.2. The third kappa shape index (κ3) is 6.24. The van der Waals surface area contributed by atoms with Crippen molar-refractivity contribution in [1.29, 1.82) is 0 Å². The molecule has 2 N–H and O–H groups in total. The summed E-state index contributed by atoms with van der Waals surface area (Å²) in [5.41, 5.74) is 2.23. The van der Waals surface area contributed by atoms with Crippen molar-refractivity contribution in [3.63, 3.8) is 0 Å². The second-order valence-corrected chi connectivity index (χ2v) is 8.24. The Kier molecular flexibility index (Phi) is 7.42. The van der Waals surface area contributed by atoms with Crippen LogP contribution >= 0.6 is 11.6 Å². The molecule has 4 aromatic rings. The van der Waals surface area contributed by atoms with Gasteiger partial charge in [0.1, 0.15) is 17.2 Å². The average Bonchev–Trinajstić information content (AvgIpc) is 2.86. The van der Waals surface area contributed by atoms with Crippen LogP contribution in [0.4, 0.5) is 17.3 Å². The lowest BCUT2D eigenvalue weighted by Gasteiger charge is -2.16. The minimum Gasteiger partial charge on any atom is -0.456 e. The average molecular weight is 490 g/mol. The van der Waals surface area contributed by atoms with Gasteiger partial charge >= 0.3 is 0 Å². The molecule has 0 aliphatic carbocycles. The van der Waals surface area contributed by atoms with E-state index < -0.39 is 0 Å². The fourth-order valence-corrected chi connectivity index (χ4v) is 3.35. The summed E-state index contributed by atoms with van der Waals surface area (Å²) in [6.45, 7) is 3.87. The summed E-state index contributed by atoms with van der Waals surface area (Å²) in [5, 5.41) is 6.40. The van der Waals surface area contributed by atoms with Gasteiger partial charge in [0.05, 0.1) is 18.9 Å². The zero-order chi connectivity index (χ0) is 24.8. The van der Waals surface area contributed by atoms with E-state index in [0.29, 0.717) is 28.2 Å². The van der Waals surface area contributed by atoms with Crippen molar-refractivity contribution in [2.75, 3.05) is 10.6 Å². The van der Waals surface area contributed by atoms with Crippen molar-refractivity contribution >= 4 is 34.8 Å². The van der Waals surface area contributed by atoms with Gasteiger partial charge in [0.15, 0.2) is 0 Å². The molecule has 0 fully saturated rings. The summed E-state index contributed by atoms with van der Waals surface area (Å²) in [6.07, 6.45) is 3.28. The Hall–Kier alpha value is -4.17. The summed E-state index contributed by atoms with van der Waals surface area (Å²) in [5.74, 6) is 1.35. The zero-order valence-corrected chi connectivity index (χ0v) is 20.0. The highest BCUT2D eigenvalue weighted by molar-refractivity contribution is 6.30. The summed E-state index contributed by atoms with van der Waals surface area (Å²) in [6, 6.07) is 18.2. The van der Waals surface area contributed by atoms with E-state index in [2.05, 4.69) is 20.6 Å². The number of halogens is 1. The fraction of sp³-hybridized carbons (Fsp3) is 0.154. The first-order chi connectivity index (χ1) is 16.9. The van der Waals surface area contributed by atoms with Gasteiger partial charge in [-0.15, -0.1) is 0 Å². The number of nitrogens with zero attached hydrogens (tertiary/aromatic N) is 3. The highest BCUT2D eigenvalue weighted by atomic mass is 35.5. The quantitative estimate of drug-likeness (QED) is 0.337. The Bertz CT molecular complexity index is 1370. The van der Waals surface area contributed by atoms with E-state index in [1.807, 2.05) is 43.3 Å². The minimum atomic E-state index is -0.369. The van der Waals surface area contributed by atoms with Crippen molar-refractivity contribution in [2.45, 2.75) is 26.8 Å². The zero-order valence-electron chi connectivity index (χ0n) is 19.3. The van der Waals surface area contributed by atoms with Crippen LogP contribution < -0.4 is 20.9 Å². The van der Waals surface area contributed by atoms with Crippen LogP contribution in [0.3, 0.4) is 0 Å². The number of amides is 1. The molecule has 0 bridgehead atoms. The van der Waals surface area contributed by atoms with E-state index in [1.54, 1.807) is 37.4 Å². The largest absolute Gasteiger partial charge is 0.456 e. The number of carbonyl (C=O) groups excluding carboxylic acids is 1. The van der Waals surface area contributed by atoms with Gasteiger partial charge in [0.2, 0.25) is 11.9 Å². The second-order valence-electron chi connectivity index (χ2n) is 7.80. The van der Waals surface area contributed by atoms with E-state index in [-0.39, 0.29) is 30.1 Å². The molecule has 8 nitrogen and oxygen atoms in total. The van der Waals surface area contributed by atoms with Crippen LogP contribution in [0.2, 0.25) is 5.02 Å². The van der Waals surface area contributed by atoms with Crippen LogP contribution in [0, 0.1) is 6.92 Å². The fourth-order valence-electron chi connectivity index (χ4n) is 3.22. The first kappa shape index (κ1) is 24.0. The normalized spacial score (nSPS) is 10.6. The minimum absolute atomic E-state index is 0.117. The molecule has 9 heteroatoms. The molecule has 35 heavy (non-hydrogen) atoms. The number of rotatable bonds is 8. The maximum Gasteiger partial charge on any atom is 0.279 e. The molecule has 1 amide bonds. The van der Waals surface area contributed by atoms with Gasteiger partial charge in [-0.1, -0.05) is 30.7 Å². The van der Waals surface area contributed by atoms with Crippen molar-refractivity contribution in [2.24, 2.45) is 0 Å². The lowest BCUT2D eigenvalue weighted by atomic mass is 10.2. The van der Waals surface area contributed by atoms with E-state index in [1.165, 1.54) is 10.8 Å². The first-order valence-electron chi connectivity index (χ1n) is 11.0. The number of hydrogen-bond acceptors (Lipinski definition) is 6. The van der Waals surface area contributed by atoms with E-state index in [4.69, 9.17) is 16.3 Å². The molecule has 2 heterocycles. The van der Waals surface area contributed by atoms with Gasteiger partial charge in [-0.05, 0) is 61.0 Å². The molecule has 178 valence electrons. The molecule has 4 rings (SSSR count). The lowest BCUT2D eigenvalue weighted by molar-refractivity contribution is -0.115. The number of ether oxygens (including phenoxy) is 1. The monoisotopic (exact) mass is 489 g/mol. The summed E-state index contributed by atoms with van der Waals surface area (Å²) in [7, 11) is 0. The molecular formula is C26H24ClN5O3. The van der Waals surface area contributed by atoms with Gasteiger partial charge < -0.3 is 15.4 Å². The summed E-state index contributed by atoms with van der Waals surface area (Å²) in [4.78, 5) is 33.7. The maximum atomic E-state index is 13.2. The van der Waals surface area contributed by atoms with Crippen LogP contribution in [-0.2, 0) is 11.3 Å². The number of hydrogen-bond donors (Lipinski definition) is 2. The van der Waals surface area contributed by atoms with Gasteiger partial charge in [-0.2, -0.15) is 0 Å². The van der Waals surface area contributed by atoms with E-state index >= 15 is 0 Å². The summed E-state index contributed by atoms with van der Waals surface area (Å²) < 4.78 is 7.29. The Morgan fingerprint density at radius 3 is 2.34 bits per heavy atom. The number of aryl methyl sites for hydroxylation is 1. The van der Waals surface area contributed by atoms with Crippen molar-refractivity contribution in [3.05, 3.63) is 99.7 Å². The smallest absolute Gasteiger partial charge is 0.279 e. The van der Waals surface area contributed by atoms with Crippen LogP contribution in [0.5, 0.6) is 11.5 Å². The summed E-state index contributed by atoms with van der Waals surface area (Å²) >= 11 is 6.00. The Labute approximate surface area is 207 Å². The van der Waals surface area contributed by atoms with Crippen LogP contribution in [-0.4, -0.2) is 20.4 Å². The lowest BCUT2D eigenvalue weighted by Crippen LogP contribution is -2.28. The molecule has 0 saturated carbocycles. The SMILES string of the molecule is CCC(=O)Nc1cnc(Nc2ccc(Oc3ccc(C)nc3)cc2)n(Cc2ccc(Cl)cc2)c1=O. The molecule has 0 aliphatic heterocycles. The Morgan fingerprint density at radius 1 is 0.971 bits per heavy atom. The van der Waals surface area contributed by atoms with Crippen molar-refractivity contribution < 1.29 is 9.53 Å². The number of anilines is 3. The topological polar surface area (TPSA) is 98.1 Å². The van der Waals surface area contributed by atoms with Crippen molar-refractivity contribution in [1.82, 2.24) is 14.5 Å². The van der Waals surface area contributed by atoms with Crippen molar-refractivity contribution in [3.8, 4) is 11.5 Å². The molecule has 0 spiro atoms. The molecule has 0 atom stereocenters. The Morgan fingerprint density at radius 2 is 1.69 bits per heavy atom. The van der Waals surface area contributed by atoms with Gasteiger partial charge in [-0.3, -0.25) is 19.1 Å². The number of pyridine rings is 1. The second kappa shape index (κ2) is 10.8. The van der Waals surface area contributed by atoms with E-state index in [0.717, 1.165) is 11.3 Å². The third-order valence-corrected chi connectivity index (χ3v) is 5.38. The molecule has 2 aromatic heterocycles. The number of aromatic nitrogens is 3. The van der Waals surface area contributed by atoms with Gasteiger partial charge in [0.25, 0.3) is 5.56 Å².